The summed E-state index contributed by atoms with van der Waals surface area (Å²) in [4.78, 5) is 24.6. The number of aryl methyl sites for hydroxylation is 1. The number of Topliss-reactive ketones (excluding diaryl/α,β-unsaturated/α-hetero) is 1. The number of aliphatic hydroxyl groups excluding tert-OH is 3. The van der Waals surface area contributed by atoms with Crippen LogP contribution in [0, 0.1) is 17.3 Å². The summed E-state index contributed by atoms with van der Waals surface area (Å²) in [6.07, 6.45) is -3.98. The van der Waals surface area contributed by atoms with Crippen LogP contribution in [-0.4, -0.2) is 69.3 Å². The fourth-order valence-electron chi connectivity index (χ4n) is 6.71. The van der Waals surface area contributed by atoms with E-state index in [2.05, 4.69) is 0 Å². The first-order chi connectivity index (χ1) is 15.2. The fourth-order valence-corrected chi connectivity index (χ4v) is 6.71. The summed E-state index contributed by atoms with van der Waals surface area (Å²) < 4.78 is 11.2. The molecule has 3 aliphatic carbocycles. The minimum absolute atomic E-state index is 0.0310. The van der Waals surface area contributed by atoms with E-state index < -0.39 is 42.2 Å². The molecule has 1 aliphatic heterocycles. The predicted molar refractivity (Wildman–Crippen MR) is 111 cm³/mol. The zero-order valence-electron chi connectivity index (χ0n) is 18.0. The smallest absolute Gasteiger partial charge is 0.187 e. The highest BCUT2D eigenvalue weighted by Crippen LogP contribution is 2.60. The van der Waals surface area contributed by atoms with Gasteiger partial charge in [0.05, 0.1) is 0 Å². The van der Waals surface area contributed by atoms with Crippen LogP contribution in [0.5, 0.6) is 5.75 Å². The third-order valence-corrected chi connectivity index (χ3v) is 8.46. The van der Waals surface area contributed by atoms with Gasteiger partial charge in [-0.25, -0.2) is 0 Å². The number of rotatable bonds is 3. The molecular weight excluding hydrogens is 416 g/mol. The second kappa shape index (κ2) is 7.88. The highest BCUT2D eigenvalue weighted by atomic mass is 16.7. The number of ether oxygens (including phenoxy) is 2. The lowest BCUT2D eigenvalue weighted by Gasteiger charge is -2.48. The van der Waals surface area contributed by atoms with Crippen LogP contribution in [0.4, 0.5) is 0 Å². The van der Waals surface area contributed by atoms with Crippen molar-refractivity contribution in [3.8, 4) is 5.75 Å². The third kappa shape index (κ3) is 3.23. The first kappa shape index (κ1) is 22.0. The van der Waals surface area contributed by atoms with E-state index in [4.69, 9.17) is 9.47 Å². The van der Waals surface area contributed by atoms with Crippen molar-refractivity contribution in [2.75, 3.05) is 0 Å². The van der Waals surface area contributed by atoms with Gasteiger partial charge in [0.2, 0.25) is 0 Å². The molecule has 0 bridgehead atoms. The summed E-state index contributed by atoms with van der Waals surface area (Å²) in [5.41, 5.74) is 1.90. The van der Waals surface area contributed by atoms with E-state index in [1.54, 1.807) is 6.07 Å². The second-order valence-electron chi connectivity index (χ2n) is 10.1. The lowest BCUT2D eigenvalue weighted by atomic mass is 9.55. The van der Waals surface area contributed by atoms with Crippen LogP contribution in [0.2, 0.25) is 0 Å². The Morgan fingerprint density at radius 3 is 2.69 bits per heavy atom. The SMILES string of the molecule is C[C@]12CC[C@@H]3c4ccc(O)cc4CC[C@H]3[C@@H]1C[C@@H](O[C@@H]1O[C@H](C=O)[C@@H](O)[C@H](O)[C@H]1O)C2=O. The Morgan fingerprint density at radius 1 is 1.16 bits per heavy atom. The molecule has 5 rings (SSSR count). The van der Waals surface area contributed by atoms with E-state index in [0.717, 1.165) is 25.7 Å². The van der Waals surface area contributed by atoms with Gasteiger partial charge in [0.25, 0.3) is 0 Å². The Kier molecular flexibility index (Phi) is 5.41. The molecule has 2 saturated carbocycles. The molecule has 174 valence electrons. The molecule has 8 nitrogen and oxygen atoms in total. The van der Waals surface area contributed by atoms with Crippen LogP contribution >= 0.6 is 0 Å². The molecule has 1 saturated heterocycles. The molecule has 0 amide bonds. The zero-order chi connectivity index (χ0) is 22.8. The molecule has 4 N–H and O–H groups in total. The Morgan fingerprint density at radius 2 is 1.94 bits per heavy atom. The highest BCUT2D eigenvalue weighted by molar-refractivity contribution is 5.91. The molecule has 3 fully saturated rings. The molecule has 10 atom stereocenters. The maximum absolute atomic E-state index is 13.4. The molecular formula is C24H30O8. The minimum atomic E-state index is -1.60. The number of fused-ring (bicyclic) bond motifs is 5. The van der Waals surface area contributed by atoms with Gasteiger partial charge < -0.3 is 34.7 Å². The Bertz CT molecular complexity index is 917. The molecule has 1 heterocycles. The molecule has 0 unspecified atom stereocenters. The number of carbonyl (C=O) groups excluding carboxylic acids is 2. The van der Waals surface area contributed by atoms with Crippen molar-refractivity contribution >= 4 is 12.1 Å². The van der Waals surface area contributed by atoms with Crippen LogP contribution in [0.25, 0.3) is 0 Å². The predicted octanol–water partition coefficient (Wildman–Crippen LogP) is 0.819. The lowest BCUT2D eigenvalue weighted by Crippen LogP contribution is -2.59. The molecule has 0 aromatic heterocycles. The molecule has 0 spiro atoms. The standard InChI is InChI=1S/C24H30O8/c1-24-7-6-14-13-5-3-12(26)8-11(13)2-4-15(14)16(24)9-17(22(24)30)31-23-21(29)20(28)19(27)18(10-25)32-23/h3,5,8,10,14-21,23,26-29H,2,4,6-7,9H2,1H3/t14-,15-,16+,17-,18-,19-,20+,21-,23-,24+/m1/s1. The van der Waals surface area contributed by atoms with Gasteiger partial charge in [-0.05, 0) is 73.1 Å². The number of aromatic hydroxyl groups is 1. The van der Waals surface area contributed by atoms with Crippen molar-refractivity contribution in [1.82, 2.24) is 0 Å². The van der Waals surface area contributed by atoms with E-state index in [0.29, 0.717) is 24.5 Å². The van der Waals surface area contributed by atoms with Gasteiger partial charge in [-0.3, -0.25) is 4.79 Å². The largest absolute Gasteiger partial charge is 0.508 e. The van der Waals surface area contributed by atoms with Crippen LogP contribution in [0.1, 0.15) is 49.7 Å². The lowest BCUT2D eigenvalue weighted by molar-refractivity contribution is -0.295. The maximum Gasteiger partial charge on any atom is 0.187 e. The maximum atomic E-state index is 13.4. The molecule has 1 aromatic carbocycles. The number of phenols is 1. The normalized spacial score (nSPS) is 45.6. The van der Waals surface area contributed by atoms with E-state index >= 15 is 0 Å². The fraction of sp³-hybridized carbons (Fsp3) is 0.667. The minimum Gasteiger partial charge on any atom is -0.508 e. The number of aliphatic hydroxyl groups is 3. The number of aldehydes is 1. The van der Waals surface area contributed by atoms with Gasteiger partial charge >= 0.3 is 0 Å². The van der Waals surface area contributed by atoms with Crippen LogP contribution in [0.15, 0.2) is 18.2 Å². The number of hydrogen-bond acceptors (Lipinski definition) is 8. The Hall–Kier alpha value is -1.84. The average Bonchev–Trinajstić information content (AvgIpc) is 3.04. The number of phenolic OH excluding ortho intramolecular Hbond substituents is 1. The van der Waals surface area contributed by atoms with E-state index in [1.807, 2.05) is 19.1 Å². The first-order valence-electron chi connectivity index (χ1n) is 11.4. The summed E-state index contributed by atoms with van der Waals surface area (Å²) in [6.45, 7) is 2.00. The van der Waals surface area contributed by atoms with Gasteiger partial charge in [-0.2, -0.15) is 0 Å². The number of ketones is 1. The third-order valence-electron chi connectivity index (χ3n) is 8.46. The van der Waals surface area contributed by atoms with Crippen LogP contribution in [-0.2, 0) is 25.5 Å². The summed E-state index contributed by atoms with van der Waals surface area (Å²) in [5, 5.41) is 40.1. The van der Waals surface area contributed by atoms with Crippen molar-refractivity contribution in [3.63, 3.8) is 0 Å². The average molecular weight is 446 g/mol. The topological polar surface area (TPSA) is 134 Å². The van der Waals surface area contributed by atoms with Gasteiger partial charge in [0.1, 0.15) is 36.3 Å². The van der Waals surface area contributed by atoms with Crippen molar-refractivity contribution in [3.05, 3.63) is 29.3 Å². The Labute approximate surface area is 186 Å². The monoisotopic (exact) mass is 446 g/mol. The van der Waals surface area contributed by atoms with Crippen molar-refractivity contribution < 1.29 is 39.5 Å². The van der Waals surface area contributed by atoms with Gasteiger partial charge in [0.15, 0.2) is 18.4 Å². The molecule has 32 heavy (non-hydrogen) atoms. The molecule has 8 heteroatoms. The number of carbonyl (C=O) groups is 2. The van der Waals surface area contributed by atoms with Crippen LogP contribution < -0.4 is 0 Å². The number of hydrogen-bond donors (Lipinski definition) is 4. The van der Waals surface area contributed by atoms with Gasteiger partial charge in [0, 0.05) is 5.41 Å². The van der Waals surface area contributed by atoms with Crippen molar-refractivity contribution in [2.24, 2.45) is 17.3 Å². The highest BCUT2D eigenvalue weighted by Gasteiger charge is 2.59. The first-order valence-corrected chi connectivity index (χ1v) is 11.4. The second-order valence-corrected chi connectivity index (χ2v) is 10.1. The molecule has 4 aliphatic rings. The van der Waals surface area contributed by atoms with Crippen molar-refractivity contribution in [2.45, 2.75) is 81.8 Å². The quantitative estimate of drug-likeness (QED) is 0.502. The summed E-state index contributed by atoms with van der Waals surface area (Å²) in [6, 6.07) is 5.58. The Balaban J connectivity index is 1.36. The zero-order valence-corrected chi connectivity index (χ0v) is 18.0. The summed E-state index contributed by atoms with van der Waals surface area (Å²) in [7, 11) is 0. The van der Waals surface area contributed by atoms with Crippen molar-refractivity contribution in [1.29, 1.82) is 0 Å². The summed E-state index contributed by atoms with van der Waals surface area (Å²) in [5.74, 6) is 1.00. The van der Waals surface area contributed by atoms with Gasteiger partial charge in [-0.15, -0.1) is 0 Å². The van der Waals surface area contributed by atoms with E-state index in [9.17, 15) is 30.0 Å². The van der Waals surface area contributed by atoms with Gasteiger partial charge in [-0.1, -0.05) is 13.0 Å². The van der Waals surface area contributed by atoms with E-state index in [-0.39, 0.29) is 17.5 Å². The molecule has 0 radical (unpaired) electrons. The molecule has 1 aromatic rings. The van der Waals surface area contributed by atoms with Crippen LogP contribution in [0.3, 0.4) is 0 Å². The van der Waals surface area contributed by atoms with E-state index in [1.165, 1.54) is 11.1 Å². The summed E-state index contributed by atoms with van der Waals surface area (Å²) >= 11 is 0. The number of benzene rings is 1.